The van der Waals surface area contributed by atoms with Crippen LogP contribution in [0.4, 0.5) is 5.69 Å². The summed E-state index contributed by atoms with van der Waals surface area (Å²) in [4.78, 5) is 31.6. The second kappa shape index (κ2) is 7.36. The van der Waals surface area contributed by atoms with Gasteiger partial charge >= 0.3 is 0 Å². The Kier molecular flexibility index (Phi) is 4.60. The number of aromatic amines is 1. The third kappa shape index (κ3) is 3.48. The smallest absolute Gasteiger partial charge is 0.271 e. The lowest BCUT2D eigenvalue weighted by Gasteiger charge is -2.06. The Hall–Kier alpha value is -3.93. The average Bonchev–Trinajstić information content (AvgIpc) is 3.13. The number of hydrogen-bond donors (Lipinski definition) is 2. The first-order valence-corrected chi connectivity index (χ1v) is 8.72. The largest absolute Gasteiger partial charge is 0.461 e. The van der Waals surface area contributed by atoms with Gasteiger partial charge in [0.1, 0.15) is 17.2 Å². The average molecular weight is 371 g/mol. The first-order valence-electron chi connectivity index (χ1n) is 8.72. The molecule has 6 nitrogen and oxygen atoms in total. The molecule has 0 atom stereocenters. The Balaban J connectivity index is 1.63. The van der Waals surface area contributed by atoms with Crippen LogP contribution in [0.3, 0.4) is 0 Å². The minimum absolute atomic E-state index is 0.168. The van der Waals surface area contributed by atoms with Crippen molar-refractivity contribution >= 4 is 11.6 Å². The standard InChI is InChI=1S/C22H17N3O3/c1-14-18(12-20(28-14)16-5-3-2-4-6-16)21(26)25-19-11-17(13-24-22(19)27)15-7-9-23-10-8-15/h2-13H,1H3,(H,24,27)(H,25,26). The zero-order valence-corrected chi connectivity index (χ0v) is 15.1. The molecule has 6 heteroatoms. The number of H-pyrrole nitrogens is 1. The number of nitrogens with zero attached hydrogens (tertiary/aromatic N) is 1. The SMILES string of the molecule is Cc1oc(-c2ccccc2)cc1C(=O)Nc1cc(-c2ccncc2)c[nH]c1=O. The lowest BCUT2D eigenvalue weighted by Crippen LogP contribution is -2.19. The number of carbonyl (C=O) groups excluding carboxylic acids is 1. The molecule has 4 rings (SSSR count). The fourth-order valence-electron chi connectivity index (χ4n) is 2.93. The van der Waals surface area contributed by atoms with Crippen molar-refractivity contribution in [2.75, 3.05) is 5.32 Å². The fourth-order valence-corrected chi connectivity index (χ4v) is 2.93. The van der Waals surface area contributed by atoms with Crippen LogP contribution in [0, 0.1) is 6.92 Å². The molecule has 3 heterocycles. The van der Waals surface area contributed by atoms with Gasteiger partial charge in [-0.15, -0.1) is 0 Å². The maximum absolute atomic E-state index is 12.7. The van der Waals surface area contributed by atoms with Crippen LogP contribution in [0.2, 0.25) is 0 Å². The summed E-state index contributed by atoms with van der Waals surface area (Å²) >= 11 is 0. The van der Waals surface area contributed by atoms with Crippen molar-refractivity contribution in [2.45, 2.75) is 6.92 Å². The van der Waals surface area contributed by atoms with E-state index in [4.69, 9.17) is 4.42 Å². The lowest BCUT2D eigenvalue weighted by atomic mass is 10.1. The van der Waals surface area contributed by atoms with Gasteiger partial charge in [-0.3, -0.25) is 14.6 Å². The Bertz CT molecular complexity index is 1180. The van der Waals surface area contributed by atoms with Crippen molar-refractivity contribution in [1.29, 1.82) is 0 Å². The van der Waals surface area contributed by atoms with Gasteiger partial charge in [-0.1, -0.05) is 30.3 Å². The summed E-state index contributed by atoms with van der Waals surface area (Å²) in [5, 5.41) is 2.68. The van der Waals surface area contributed by atoms with E-state index in [0.29, 0.717) is 17.1 Å². The van der Waals surface area contributed by atoms with Gasteiger partial charge < -0.3 is 14.7 Å². The number of nitrogens with one attached hydrogen (secondary N) is 2. The maximum atomic E-state index is 12.7. The summed E-state index contributed by atoms with van der Waals surface area (Å²) in [6, 6.07) is 16.5. The van der Waals surface area contributed by atoms with Crippen LogP contribution in [-0.2, 0) is 0 Å². The minimum Gasteiger partial charge on any atom is -0.461 e. The Morgan fingerprint density at radius 1 is 1.00 bits per heavy atom. The van der Waals surface area contributed by atoms with Crippen LogP contribution in [0.25, 0.3) is 22.5 Å². The number of aromatic nitrogens is 2. The highest BCUT2D eigenvalue weighted by Crippen LogP contribution is 2.26. The topological polar surface area (TPSA) is 88.0 Å². The van der Waals surface area contributed by atoms with E-state index >= 15 is 0 Å². The second-order valence-electron chi connectivity index (χ2n) is 6.27. The summed E-state index contributed by atoms with van der Waals surface area (Å²) < 4.78 is 5.73. The molecule has 0 aliphatic heterocycles. The normalized spacial score (nSPS) is 10.6. The van der Waals surface area contributed by atoms with E-state index in [1.54, 1.807) is 37.6 Å². The molecule has 3 aromatic heterocycles. The molecule has 0 unspecified atom stereocenters. The third-order valence-electron chi connectivity index (χ3n) is 4.39. The molecule has 0 fully saturated rings. The number of amides is 1. The molecule has 4 aromatic rings. The summed E-state index contributed by atoms with van der Waals surface area (Å²) in [6.07, 6.45) is 4.93. The van der Waals surface area contributed by atoms with Crippen LogP contribution in [-0.4, -0.2) is 15.9 Å². The highest BCUT2D eigenvalue weighted by Gasteiger charge is 2.17. The maximum Gasteiger partial charge on any atom is 0.271 e. The lowest BCUT2D eigenvalue weighted by molar-refractivity contribution is 0.102. The van der Waals surface area contributed by atoms with E-state index in [1.165, 1.54) is 0 Å². The summed E-state index contributed by atoms with van der Waals surface area (Å²) in [6.45, 7) is 1.72. The zero-order valence-electron chi connectivity index (χ0n) is 15.1. The van der Waals surface area contributed by atoms with E-state index < -0.39 is 5.91 Å². The van der Waals surface area contributed by atoms with E-state index in [9.17, 15) is 9.59 Å². The summed E-state index contributed by atoms with van der Waals surface area (Å²) in [5.74, 6) is 0.682. The molecule has 0 spiro atoms. The van der Waals surface area contributed by atoms with E-state index in [2.05, 4.69) is 15.3 Å². The number of furan rings is 1. The van der Waals surface area contributed by atoms with Crippen LogP contribution >= 0.6 is 0 Å². The second-order valence-corrected chi connectivity index (χ2v) is 6.27. The van der Waals surface area contributed by atoms with Crippen molar-refractivity contribution in [1.82, 2.24) is 9.97 Å². The molecule has 1 amide bonds. The number of rotatable bonds is 4. The van der Waals surface area contributed by atoms with Gasteiger partial charge in [0.15, 0.2) is 0 Å². The highest BCUT2D eigenvalue weighted by molar-refractivity contribution is 6.05. The molecule has 1 aromatic carbocycles. The number of anilines is 1. The summed E-state index contributed by atoms with van der Waals surface area (Å²) in [7, 11) is 0. The molecule has 0 aliphatic carbocycles. The molecule has 0 saturated heterocycles. The third-order valence-corrected chi connectivity index (χ3v) is 4.39. The number of pyridine rings is 2. The molecule has 138 valence electrons. The molecule has 0 saturated carbocycles. The Morgan fingerprint density at radius 3 is 2.50 bits per heavy atom. The first kappa shape index (κ1) is 17.5. The molecular weight excluding hydrogens is 354 g/mol. The predicted octanol–water partition coefficient (Wildman–Crippen LogP) is 4.26. The molecule has 0 bridgehead atoms. The molecule has 0 aliphatic rings. The van der Waals surface area contributed by atoms with Crippen LogP contribution in [0.1, 0.15) is 16.1 Å². The first-order chi connectivity index (χ1) is 13.6. The van der Waals surface area contributed by atoms with Gasteiger partial charge in [0.05, 0.1) is 5.56 Å². The van der Waals surface area contributed by atoms with Gasteiger partial charge in [-0.25, -0.2) is 0 Å². The predicted molar refractivity (Wildman–Crippen MR) is 107 cm³/mol. The number of hydrogen-bond acceptors (Lipinski definition) is 4. The molecule has 2 N–H and O–H groups in total. The van der Waals surface area contributed by atoms with Crippen molar-refractivity contribution in [3.8, 4) is 22.5 Å². The van der Waals surface area contributed by atoms with Gasteiger partial charge in [0.2, 0.25) is 0 Å². The molecule has 0 radical (unpaired) electrons. The molecule has 28 heavy (non-hydrogen) atoms. The van der Waals surface area contributed by atoms with Crippen LogP contribution < -0.4 is 10.9 Å². The van der Waals surface area contributed by atoms with Crippen LogP contribution in [0.15, 0.2) is 82.4 Å². The van der Waals surface area contributed by atoms with Crippen LogP contribution in [0.5, 0.6) is 0 Å². The Morgan fingerprint density at radius 2 is 1.75 bits per heavy atom. The number of carbonyl (C=O) groups is 1. The molecular formula is C22H17N3O3. The summed E-state index contributed by atoms with van der Waals surface area (Å²) in [5.41, 5.74) is 2.70. The van der Waals surface area contributed by atoms with Crippen molar-refractivity contribution < 1.29 is 9.21 Å². The number of aryl methyl sites for hydroxylation is 1. The van der Waals surface area contributed by atoms with Crippen molar-refractivity contribution in [2.24, 2.45) is 0 Å². The van der Waals surface area contributed by atoms with E-state index in [1.807, 2.05) is 42.5 Å². The fraction of sp³-hybridized carbons (Fsp3) is 0.0455. The Labute approximate surface area is 160 Å². The minimum atomic E-state index is -0.402. The van der Waals surface area contributed by atoms with Gasteiger partial charge in [0.25, 0.3) is 11.5 Å². The van der Waals surface area contributed by atoms with Gasteiger partial charge in [0, 0.05) is 29.7 Å². The van der Waals surface area contributed by atoms with E-state index in [-0.39, 0.29) is 11.2 Å². The highest BCUT2D eigenvalue weighted by atomic mass is 16.3. The van der Waals surface area contributed by atoms with E-state index in [0.717, 1.165) is 16.7 Å². The van der Waals surface area contributed by atoms with Crippen molar-refractivity contribution in [3.05, 3.63) is 94.9 Å². The zero-order chi connectivity index (χ0) is 19.5. The number of benzene rings is 1. The quantitative estimate of drug-likeness (QED) is 0.561. The van der Waals surface area contributed by atoms with Gasteiger partial charge in [-0.05, 0) is 36.8 Å². The van der Waals surface area contributed by atoms with Gasteiger partial charge in [-0.2, -0.15) is 0 Å². The monoisotopic (exact) mass is 371 g/mol. The van der Waals surface area contributed by atoms with Crippen molar-refractivity contribution in [3.63, 3.8) is 0 Å².